The smallest absolute Gasteiger partial charge is 0.322 e. The lowest BCUT2D eigenvalue weighted by molar-refractivity contribution is -0.133. The summed E-state index contributed by atoms with van der Waals surface area (Å²) in [5.74, 6) is 0.590. The Morgan fingerprint density at radius 3 is 2.53 bits per heavy atom. The highest BCUT2D eigenvalue weighted by atomic mass is 16.5. The molecule has 0 atom stereocenters. The maximum Gasteiger partial charge on any atom is 0.322 e. The predicted molar refractivity (Wildman–Crippen MR) is 117 cm³/mol. The second kappa shape index (κ2) is 9.69. The van der Waals surface area contributed by atoms with Crippen LogP contribution in [0.4, 0.5) is 10.5 Å². The van der Waals surface area contributed by atoms with Gasteiger partial charge in [0.15, 0.2) is 0 Å². The molecule has 0 radical (unpaired) electrons. The van der Waals surface area contributed by atoms with Crippen LogP contribution in [0.15, 0.2) is 42.6 Å². The molecular formula is C23H32N4O3. The van der Waals surface area contributed by atoms with Gasteiger partial charge in [0.25, 0.3) is 0 Å². The zero-order valence-electron chi connectivity index (χ0n) is 18.3. The number of carbonyl (C=O) groups is 2. The molecule has 1 aliphatic rings. The van der Waals surface area contributed by atoms with E-state index >= 15 is 0 Å². The predicted octanol–water partition coefficient (Wildman–Crippen LogP) is 3.86. The molecule has 0 unspecified atom stereocenters. The van der Waals surface area contributed by atoms with Gasteiger partial charge < -0.3 is 24.4 Å². The van der Waals surface area contributed by atoms with Crippen LogP contribution in [-0.4, -0.2) is 51.5 Å². The second-order valence-electron chi connectivity index (χ2n) is 7.94. The summed E-state index contributed by atoms with van der Waals surface area (Å²) in [4.78, 5) is 29.7. The molecule has 3 amide bonds. The quantitative estimate of drug-likeness (QED) is 0.680. The van der Waals surface area contributed by atoms with Crippen molar-refractivity contribution in [3.8, 4) is 5.75 Å². The van der Waals surface area contributed by atoms with Gasteiger partial charge in [-0.1, -0.05) is 12.1 Å². The van der Waals surface area contributed by atoms with E-state index in [9.17, 15) is 9.59 Å². The number of carbonyl (C=O) groups excluding carboxylic acids is 2. The molecule has 1 saturated carbocycles. The molecule has 3 rings (SSSR count). The Bertz CT molecular complexity index is 873. The third-order valence-electron chi connectivity index (χ3n) is 5.31. The molecule has 1 fully saturated rings. The molecule has 2 aromatic rings. The van der Waals surface area contributed by atoms with Crippen molar-refractivity contribution in [2.24, 2.45) is 7.05 Å². The first-order valence-electron chi connectivity index (χ1n) is 10.6. The Hall–Kier alpha value is -2.96. The van der Waals surface area contributed by atoms with Crippen molar-refractivity contribution in [2.75, 3.05) is 18.5 Å². The zero-order valence-corrected chi connectivity index (χ0v) is 18.3. The van der Waals surface area contributed by atoms with E-state index in [0.717, 1.165) is 18.5 Å². The van der Waals surface area contributed by atoms with Crippen molar-refractivity contribution in [2.45, 2.75) is 52.2 Å². The molecule has 1 N–H and O–H groups in total. The Labute approximate surface area is 178 Å². The fourth-order valence-electron chi connectivity index (χ4n) is 3.41. The number of hydrogen-bond donors (Lipinski definition) is 1. The summed E-state index contributed by atoms with van der Waals surface area (Å²) < 4.78 is 7.62. The van der Waals surface area contributed by atoms with Crippen LogP contribution in [-0.2, 0) is 18.4 Å². The number of rotatable bonds is 9. The van der Waals surface area contributed by atoms with E-state index in [1.165, 1.54) is 0 Å². The summed E-state index contributed by atoms with van der Waals surface area (Å²) in [6.45, 7) is 6.85. The van der Waals surface area contributed by atoms with Crippen LogP contribution >= 0.6 is 0 Å². The van der Waals surface area contributed by atoms with Gasteiger partial charge in [0, 0.05) is 31.0 Å². The lowest BCUT2D eigenvalue weighted by Gasteiger charge is -2.30. The monoisotopic (exact) mass is 412 g/mol. The number of nitrogens with zero attached hydrogens (tertiary/aromatic N) is 3. The molecule has 7 heteroatoms. The summed E-state index contributed by atoms with van der Waals surface area (Å²) in [6, 6.07) is 11.2. The standard InChI is InChI=1S/C23H32N4O3/c1-5-30-21-11-7-6-10-20(21)24-23(29)26(17(2)3)16-22(28)27(18-12-13-18)15-19-9-8-14-25(19)4/h6-11,14,17-18H,5,12-13,15-16H2,1-4H3,(H,24,29). The fraction of sp³-hybridized carbons (Fsp3) is 0.478. The molecule has 0 saturated heterocycles. The first-order chi connectivity index (χ1) is 14.4. The van der Waals surface area contributed by atoms with Crippen molar-refractivity contribution in [3.05, 3.63) is 48.3 Å². The van der Waals surface area contributed by atoms with Crippen molar-refractivity contribution >= 4 is 17.6 Å². The molecule has 1 aromatic carbocycles. The lowest BCUT2D eigenvalue weighted by atomic mass is 10.2. The van der Waals surface area contributed by atoms with E-state index < -0.39 is 0 Å². The average Bonchev–Trinajstić information content (AvgIpc) is 3.47. The van der Waals surface area contributed by atoms with Crippen LogP contribution in [0, 0.1) is 0 Å². The number of nitrogens with one attached hydrogen (secondary N) is 1. The van der Waals surface area contributed by atoms with Gasteiger partial charge in [-0.25, -0.2) is 4.79 Å². The van der Waals surface area contributed by atoms with Crippen LogP contribution in [0.25, 0.3) is 0 Å². The van der Waals surface area contributed by atoms with Gasteiger partial charge in [-0.3, -0.25) is 4.79 Å². The van der Waals surface area contributed by atoms with Gasteiger partial charge >= 0.3 is 6.03 Å². The number of anilines is 1. The number of benzene rings is 1. The largest absolute Gasteiger partial charge is 0.492 e. The minimum Gasteiger partial charge on any atom is -0.492 e. The fourth-order valence-corrected chi connectivity index (χ4v) is 3.41. The number of aromatic nitrogens is 1. The van der Waals surface area contributed by atoms with E-state index in [1.807, 2.05) is 73.8 Å². The zero-order chi connectivity index (χ0) is 21.7. The number of amides is 3. The number of ether oxygens (including phenoxy) is 1. The van der Waals surface area contributed by atoms with Gasteiger partial charge in [0.05, 0.1) is 18.8 Å². The second-order valence-corrected chi connectivity index (χ2v) is 7.94. The van der Waals surface area contributed by atoms with Crippen LogP contribution in [0.5, 0.6) is 5.75 Å². The molecule has 0 aliphatic heterocycles. The van der Waals surface area contributed by atoms with Crippen LogP contribution < -0.4 is 10.1 Å². The summed E-state index contributed by atoms with van der Waals surface area (Å²) in [5, 5.41) is 2.91. The van der Waals surface area contributed by atoms with E-state index in [-0.39, 0.29) is 30.6 Å². The van der Waals surface area contributed by atoms with E-state index in [2.05, 4.69) is 5.32 Å². The van der Waals surface area contributed by atoms with E-state index in [1.54, 1.807) is 11.0 Å². The highest BCUT2D eigenvalue weighted by Crippen LogP contribution is 2.29. The summed E-state index contributed by atoms with van der Waals surface area (Å²) in [7, 11) is 1.98. The highest BCUT2D eigenvalue weighted by Gasteiger charge is 2.34. The van der Waals surface area contributed by atoms with Crippen molar-refractivity contribution in [1.82, 2.24) is 14.4 Å². The lowest BCUT2D eigenvalue weighted by Crippen LogP contribution is -2.48. The van der Waals surface area contributed by atoms with Crippen molar-refractivity contribution in [1.29, 1.82) is 0 Å². The number of para-hydroxylation sites is 2. The summed E-state index contributed by atoms with van der Waals surface area (Å²) in [6.07, 6.45) is 4.02. The van der Waals surface area contributed by atoms with Crippen LogP contribution in [0.3, 0.4) is 0 Å². The normalized spacial score (nSPS) is 13.2. The van der Waals surface area contributed by atoms with Gasteiger partial charge in [0.1, 0.15) is 12.3 Å². The molecule has 162 valence electrons. The minimum absolute atomic E-state index is 0.0272. The first-order valence-corrected chi connectivity index (χ1v) is 10.6. The molecule has 1 aliphatic carbocycles. The van der Waals surface area contributed by atoms with Crippen molar-refractivity contribution < 1.29 is 14.3 Å². The minimum atomic E-state index is -0.305. The highest BCUT2D eigenvalue weighted by molar-refractivity contribution is 5.93. The molecule has 30 heavy (non-hydrogen) atoms. The summed E-state index contributed by atoms with van der Waals surface area (Å²) >= 11 is 0. The molecule has 0 bridgehead atoms. The summed E-state index contributed by atoms with van der Waals surface area (Å²) in [5.41, 5.74) is 1.69. The topological polar surface area (TPSA) is 66.8 Å². The third kappa shape index (κ3) is 5.34. The number of hydrogen-bond acceptors (Lipinski definition) is 3. The number of urea groups is 1. The Balaban J connectivity index is 1.70. The number of aryl methyl sites for hydroxylation is 1. The van der Waals surface area contributed by atoms with Crippen LogP contribution in [0.1, 0.15) is 39.3 Å². The third-order valence-corrected chi connectivity index (χ3v) is 5.31. The molecule has 1 heterocycles. The van der Waals surface area contributed by atoms with Crippen LogP contribution in [0.2, 0.25) is 0 Å². The first kappa shape index (κ1) is 21.7. The SMILES string of the molecule is CCOc1ccccc1NC(=O)N(CC(=O)N(Cc1cccn1C)C1CC1)C(C)C. The van der Waals surface area contributed by atoms with Gasteiger partial charge in [-0.15, -0.1) is 0 Å². The Morgan fingerprint density at radius 2 is 1.93 bits per heavy atom. The maximum absolute atomic E-state index is 13.2. The van der Waals surface area contributed by atoms with E-state index in [4.69, 9.17) is 4.74 Å². The maximum atomic E-state index is 13.2. The Kier molecular flexibility index (Phi) is 7.03. The van der Waals surface area contributed by atoms with Gasteiger partial charge in [-0.2, -0.15) is 0 Å². The molecule has 1 aromatic heterocycles. The average molecular weight is 413 g/mol. The molecule has 0 spiro atoms. The van der Waals surface area contributed by atoms with E-state index in [0.29, 0.717) is 24.6 Å². The van der Waals surface area contributed by atoms with Gasteiger partial charge in [-0.05, 0) is 57.9 Å². The van der Waals surface area contributed by atoms with Crippen molar-refractivity contribution in [3.63, 3.8) is 0 Å². The molecule has 7 nitrogen and oxygen atoms in total. The Morgan fingerprint density at radius 1 is 1.20 bits per heavy atom. The van der Waals surface area contributed by atoms with Gasteiger partial charge in [0.2, 0.25) is 5.91 Å². The molecular weight excluding hydrogens is 380 g/mol.